The molecule has 1 aliphatic rings. The van der Waals surface area contributed by atoms with Crippen molar-refractivity contribution in [2.75, 3.05) is 55.7 Å². The fraction of sp³-hybridized carbons (Fsp3) is 0.333. The molecule has 2 amide bonds. The van der Waals surface area contributed by atoms with E-state index in [-0.39, 0.29) is 17.8 Å². The van der Waals surface area contributed by atoms with Crippen LogP contribution < -0.4 is 16.0 Å². The first-order valence-corrected chi connectivity index (χ1v) is 12.2. The highest BCUT2D eigenvalue weighted by molar-refractivity contribution is 6.00. The zero-order valence-electron chi connectivity index (χ0n) is 20.9. The molecule has 37 heavy (non-hydrogen) atoms. The summed E-state index contributed by atoms with van der Waals surface area (Å²) < 4.78 is 41.5. The van der Waals surface area contributed by atoms with Crippen LogP contribution in [0.4, 0.5) is 35.2 Å². The number of carbonyl (C=O) groups excluding carboxylic acids is 1. The molecule has 1 fully saturated rings. The van der Waals surface area contributed by atoms with E-state index in [1.807, 2.05) is 29.2 Å². The van der Waals surface area contributed by atoms with Crippen molar-refractivity contribution in [2.24, 2.45) is 0 Å². The predicted molar refractivity (Wildman–Crippen MR) is 141 cm³/mol. The van der Waals surface area contributed by atoms with Crippen molar-refractivity contribution in [3.63, 3.8) is 0 Å². The van der Waals surface area contributed by atoms with Gasteiger partial charge in [0.2, 0.25) is 0 Å². The molecule has 0 atom stereocenters. The highest BCUT2D eigenvalue weighted by atomic mass is 19.4. The Labute approximate surface area is 214 Å². The van der Waals surface area contributed by atoms with Crippen LogP contribution in [0.2, 0.25) is 0 Å². The van der Waals surface area contributed by atoms with E-state index in [0.717, 1.165) is 55.7 Å². The Morgan fingerprint density at radius 1 is 0.892 bits per heavy atom. The van der Waals surface area contributed by atoms with Crippen molar-refractivity contribution in [3.05, 3.63) is 71.9 Å². The van der Waals surface area contributed by atoms with Crippen molar-refractivity contribution in [3.8, 4) is 11.1 Å². The van der Waals surface area contributed by atoms with Crippen molar-refractivity contribution in [1.29, 1.82) is 0 Å². The number of alkyl halides is 3. The molecule has 1 aromatic heterocycles. The SMILES string of the molecule is CCN1CCN(Cc2ccc(NC(=O)Nc3ccc(-c4ccc(NC)nc4)cc3)cc2C(F)(F)F)CC1. The van der Waals surface area contributed by atoms with Crippen LogP contribution >= 0.6 is 0 Å². The number of benzene rings is 2. The van der Waals surface area contributed by atoms with Gasteiger partial charge in [-0.05, 0) is 54.1 Å². The van der Waals surface area contributed by atoms with Gasteiger partial charge in [-0.2, -0.15) is 13.2 Å². The number of anilines is 3. The molecule has 7 nitrogen and oxygen atoms in total. The first kappa shape index (κ1) is 26.4. The standard InChI is InChI=1S/C27H31F3N6O/c1-3-35-12-14-36(15-13-35)18-21-6-10-23(16-24(21)27(28,29)30)34-26(37)33-22-8-4-19(5-9-22)20-7-11-25(31-2)32-17-20/h4-11,16-17H,3,12-15,18H2,1-2H3,(H,31,32)(H2,33,34,37). The second-order valence-corrected chi connectivity index (χ2v) is 8.92. The summed E-state index contributed by atoms with van der Waals surface area (Å²) in [5.74, 6) is 0.759. The maximum absolute atomic E-state index is 13.8. The lowest BCUT2D eigenvalue weighted by atomic mass is 10.0. The molecule has 3 aromatic rings. The first-order chi connectivity index (χ1) is 17.7. The van der Waals surface area contributed by atoms with Gasteiger partial charge in [-0.1, -0.05) is 25.1 Å². The minimum Gasteiger partial charge on any atom is -0.373 e. The molecule has 0 saturated carbocycles. The minimum absolute atomic E-state index is 0.0803. The number of aromatic nitrogens is 1. The molecule has 2 heterocycles. The molecule has 0 radical (unpaired) electrons. The number of pyridine rings is 1. The minimum atomic E-state index is -4.52. The number of hydrogen-bond donors (Lipinski definition) is 3. The smallest absolute Gasteiger partial charge is 0.373 e. The van der Waals surface area contributed by atoms with Gasteiger partial charge in [-0.15, -0.1) is 0 Å². The average molecular weight is 513 g/mol. The summed E-state index contributed by atoms with van der Waals surface area (Å²) >= 11 is 0. The van der Waals surface area contributed by atoms with Crippen LogP contribution in [0.3, 0.4) is 0 Å². The number of likely N-dealkylation sites (N-methyl/N-ethyl adjacent to an activating group) is 1. The zero-order valence-corrected chi connectivity index (χ0v) is 20.9. The molecule has 0 spiro atoms. The van der Waals surface area contributed by atoms with Crippen LogP contribution in [0.25, 0.3) is 11.1 Å². The Bertz CT molecular complexity index is 1190. The van der Waals surface area contributed by atoms with E-state index in [1.165, 1.54) is 12.1 Å². The van der Waals surface area contributed by atoms with E-state index in [9.17, 15) is 18.0 Å². The third-order valence-corrected chi connectivity index (χ3v) is 6.47. The van der Waals surface area contributed by atoms with E-state index in [2.05, 4.69) is 32.8 Å². The Morgan fingerprint density at radius 3 is 2.11 bits per heavy atom. The van der Waals surface area contributed by atoms with Crippen LogP contribution in [0, 0.1) is 0 Å². The molecule has 10 heteroatoms. The van der Waals surface area contributed by atoms with E-state index < -0.39 is 17.8 Å². The summed E-state index contributed by atoms with van der Waals surface area (Å²) in [6, 6.07) is 14.3. The van der Waals surface area contributed by atoms with Crippen molar-refractivity contribution >= 4 is 23.2 Å². The lowest BCUT2D eigenvalue weighted by Gasteiger charge is -2.34. The molecule has 1 saturated heterocycles. The van der Waals surface area contributed by atoms with Crippen molar-refractivity contribution in [1.82, 2.24) is 14.8 Å². The van der Waals surface area contributed by atoms with Gasteiger partial charge in [0.05, 0.1) is 5.56 Å². The highest BCUT2D eigenvalue weighted by Gasteiger charge is 2.34. The molecular formula is C27H31F3N6O. The first-order valence-electron chi connectivity index (χ1n) is 12.2. The molecule has 0 aliphatic carbocycles. The van der Waals surface area contributed by atoms with Gasteiger partial charge in [0.25, 0.3) is 0 Å². The number of rotatable bonds is 7. The largest absolute Gasteiger partial charge is 0.416 e. The number of halogens is 3. The van der Waals surface area contributed by atoms with E-state index in [1.54, 1.807) is 25.4 Å². The van der Waals surface area contributed by atoms with Crippen molar-refractivity contribution in [2.45, 2.75) is 19.6 Å². The molecule has 1 aliphatic heterocycles. The fourth-order valence-electron chi connectivity index (χ4n) is 4.31. The summed E-state index contributed by atoms with van der Waals surface area (Å²) in [5.41, 5.74) is 1.91. The van der Waals surface area contributed by atoms with Gasteiger partial charge in [0.15, 0.2) is 0 Å². The number of piperazine rings is 1. The monoisotopic (exact) mass is 512 g/mol. The van der Waals surface area contributed by atoms with Crippen LogP contribution in [0.15, 0.2) is 60.8 Å². The zero-order chi connectivity index (χ0) is 26.4. The molecule has 2 aromatic carbocycles. The summed E-state index contributed by atoms with van der Waals surface area (Å²) in [7, 11) is 1.79. The molecule has 0 bridgehead atoms. The second-order valence-electron chi connectivity index (χ2n) is 8.92. The number of carbonyl (C=O) groups is 1. The van der Waals surface area contributed by atoms with Gasteiger partial charge < -0.3 is 20.9 Å². The quantitative estimate of drug-likeness (QED) is 0.385. The molecule has 0 unspecified atom stereocenters. The van der Waals surface area contributed by atoms with Gasteiger partial charge >= 0.3 is 12.2 Å². The number of hydrogen-bond acceptors (Lipinski definition) is 5. The highest BCUT2D eigenvalue weighted by Crippen LogP contribution is 2.34. The van der Waals surface area contributed by atoms with E-state index in [4.69, 9.17) is 0 Å². The number of nitrogens with one attached hydrogen (secondary N) is 3. The van der Waals surface area contributed by atoms with Crippen molar-refractivity contribution < 1.29 is 18.0 Å². The third-order valence-electron chi connectivity index (χ3n) is 6.47. The lowest BCUT2D eigenvalue weighted by Crippen LogP contribution is -2.45. The Hall–Kier alpha value is -3.63. The number of amides is 2. The van der Waals surface area contributed by atoms with Crippen LogP contribution in [0.5, 0.6) is 0 Å². The average Bonchev–Trinajstić information content (AvgIpc) is 2.90. The predicted octanol–water partition coefficient (Wildman–Crippen LogP) is 5.59. The summed E-state index contributed by atoms with van der Waals surface area (Å²) in [6.45, 7) is 6.38. The van der Waals surface area contributed by atoms with Gasteiger partial charge in [-0.3, -0.25) is 4.90 Å². The molecule has 196 valence electrons. The summed E-state index contributed by atoms with van der Waals surface area (Å²) in [6.07, 6.45) is -2.78. The Morgan fingerprint density at radius 2 is 1.51 bits per heavy atom. The number of nitrogens with zero attached hydrogens (tertiary/aromatic N) is 3. The van der Waals surface area contributed by atoms with Gasteiger partial charge in [-0.25, -0.2) is 9.78 Å². The Balaban J connectivity index is 1.39. The molecule has 3 N–H and O–H groups in total. The van der Waals surface area contributed by atoms with E-state index in [0.29, 0.717) is 5.69 Å². The Kier molecular flexibility index (Phi) is 8.30. The molecular weight excluding hydrogens is 481 g/mol. The van der Waals surface area contributed by atoms with Gasteiger partial charge in [0, 0.05) is 62.9 Å². The maximum atomic E-state index is 13.8. The molecule has 4 rings (SSSR count). The maximum Gasteiger partial charge on any atom is 0.416 e. The van der Waals surface area contributed by atoms with Gasteiger partial charge in [0.1, 0.15) is 5.82 Å². The lowest BCUT2D eigenvalue weighted by molar-refractivity contribution is -0.138. The number of urea groups is 1. The fourth-order valence-corrected chi connectivity index (χ4v) is 4.31. The topological polar surface area (TPSA) is 72.5 Å². The summed E-state index contributed by atoms with van der Waals surface area (Å²) in [5, 5.41) is 8.15. The van der Waals surface area contributed by atoms with Crippen LogP contribution in [-0.2, 0) is 12.7 Å². The second kappa shape index (κ2) is 11.6. The van der Waals surface area contributed by atoms with Crippen LogP contribution in [-0.4, -0.2) is 60.6 Å². The normalized spacial score (nSPS) is 14.8. The van der Waals surface area contributed by atoms with E-state index >= 15 is 0 Å². The summed E-state index contributed by atoms with van der Waals surface area (Å²) in [4.78, 5) is 21.1. The van der Waals surface area contributed by atoms with Crippen LogP contribution in [0.1, 0.15) is 18.1 Å². The third kappa shape index (κ3) is 6.99.